The van der Waals surface area contributed by atoms with Crippen molar-refractivity contribution in [1.29, 1.82) is 0 Å². The average Bonchev–Trinajstić information content (AvgIpc) is 2.37. The minimum Gasteiger partial charge on any atom is -0.496 e. The molecule has 2 rings (SSSR count). The Balaban J connectivity index is 2.65. The first kappa shape index (κ1) is 14.1. The van der Waals surface area contributed by atoms with Gasteiger partial charge >= 0.3 is 5.69 Å². The third-order valence-electron chi connectivity index (χ3n) is 3.09. The fourth-order valence-electron chi connectivity index (χ4n) is 2.05. The normalized spacial score (nSPS) is 11.4. The molecule has 1 N–H and O–H groups in total. The summed E-state index contributed by atoms with van der Waals surface area (Å²) in [6, 6.07) is 6.84. The van der Waals surface area contributed by atoms with Crippen molar-refractivity contribution in [3.63, 3.8) is 0 Å². The summed E-state index contributed by atoms with van der Waals surface area (Å²) in [5.74, 6) is 0.777. The summed E-state index contributed by atoms with van der Waals surface area (Å²) in [7, 11) is 1.62. The van der Waals surface area contributed by atoms with Gasteiger partial charge in [0.05, 0.1) is 12.8 Å². The average molecular weight is 274 g/mol. The van der Waals surface area contributed by atoms with Gasteiger partial charge in [0.25, 0.3) is 5.56 Å². The van der Waals surface area contributed by atoms with Crippen molar-refractivity contribution in [2.75, 3.05) is 7.11 Å². The van der Waals surface area contributed by atoms with E-state index < -0.39 is 11.2 Å². The topological polar surface area (TPSA) is 64.1 Å². The number of nitrogens with zero attached hydrogens (tertiary/aromatic N) is 1. The smallest absolute Gasteiger partial charge is 0.332 e. The van der Waals surface area contributed by atoms with Crippen LogP contribution in [-0.4, -0.2) is 16.7 Å². The van der Waals surface area contributed by atoms with Gasteiger partial charge in [-0.2, -0.15) is 0 Å². The van der Waals surface area contributed by atoms with Crippen molar-refractivity contribution in [1.82, 2.24) is 9.55 Å². The second-order valence-corrected chi connectivity index (χ2v) is 5.61. The molecule has 0 aliphatic rings. The second kappa shape index (κ2) is 5.00. The lowest BCUT2D eigenvalue weighted by atomic mass is 9.86. The lowest BCUT2D eigenvalue weighted by Gasteiger charge is -2.23. The first-order valence-electron chi connectivity index (χ1n) is 6.34. The zero-order chi connectivity index (χ0) is 14.9. The number of benzene rings is 1. The number of nitrogens with one attached hydrogen (secondary N) is 1. The van der Waals surface area contributed by atoms with Crippen molar-refractivity contribution < 1.29 is 4.74 Å². The van der Waals surface area contributed by atoms with E-state index in [4.69, 9.17) is 4.74 Å². The fourth-order valence-corrected chi connectivity index (χ4v) is 2.05. The summed E-state index contributed by atoms with van der Waals surface area (Å²) in [6.07, 6.45) is 1.47. The van der Waals surface area contributed by atoms with Crippen LogP contribution < -0.4 is 16.0 Å². The molecule has 0 saturated heterocycles. The Bertz CT molecular complexity index is 736. The summed E-state index contributed by atoms with van der Waals surface area (Å²) in [6.45, 7) is 6.22. The molecular weight excluding hydrogens is 256 g/mol. The summed E-state index contributed by atoms with van der Waals surface area (Å²) in [5.41, 5.74) is 0.707. The molecule has 0 unspecified atom stereocenters. The maximum atomic E-state index is 11.8. The van der Waals surface area contributed by atoms with Gasteiger partial charge in [-0.05, 0) is 23.6 Å². The highest BCUT2D eigenvalue weighted by molar-refractivity contribution is 5.47. The number of hydrogen-bond acceptors (Lipinski definition) is 3. The Morgan fingerprint density at radius 3 is 2.40 bits per heavy atom. The Morgan fingerprint density at radius 1 is 1.15 bits per heavy atom. The number of methoxy groups -OCH3 is 1. The van der Waals surface area contributed by atoms with Crippen molar-refractivity contribution in [2.45, 2.75) is 26.2 Å². The molecule has 0 aliphatic carbocycles. The minimum absolute atomic E-state index is 0.118. The molecule has 0 spiro atoms. The van der Waals surface area contributed by atoms with Gasteiger partial charge in [0.1, 0.15) is 5.75 Å². The van der Waals surface area contributed by atoms with Gasteiger partial charge < -0.3 is 4.74 Å². The predicted molar refractivity (Wildman–Crippen MR) is 77.9 cm³/mol. The van der Waals surface area contributed by atoms with E-state index in [1.807, 2.05) is 12.1 Å². The van der Waals surface area contributed by atoms with Crippen LogP contribution in [0.25, 0.3) is 5.69 Å². The SMILES string of the molecule is COc1ccc(-n2ccc(=O)[nH]c2=O)cc1C(C)(C)C. The minimum atomic E-state index is -0.456. The van der Waals surface area contributed by atoms with E-state index in [2.05, 4.69) is 25.8 Å². The predicted octanol–water partition coefficient (Wildman–Crippen LogP) is 1.83. The zero-order valence-electron chi connectivity index (χ0n) is 12.1. The molecule has 5 nitrogen and oxygen atoms in total. The fraction of sp³-hybridized carbons (Fsp3) is 0.333. The molecule has 1 aromatic heterocycles. The van der Waals surface area contributed by atoms with Gasteiger partial charge in [0.2, 0.25) is 0 Å². The molecule has 0 radical (unpaired) electrons. The van der Waals surface area contributed by atoms with Crippen LogP contribution in [-0.2, 0) is 5.41 Å². The molecule has 2 aromatic rings. The molecule has 0 aliphatic heterocycles. The van der Waals surface area contributed by atoms with Crippen molar-refractivity contribution in [2.24, 2.45) is 0 Å². The van der Waals surface area contributed by atoms with E-state index in [1.54, 1.807) is 13.2 Å². The molecule has 106 valence electrons. The number of ether oxygens (including phenoxy) is 1. The van der Waals surface area contributed by atoms with E-state index in [0.29, 0.717) is 5.69 Å². The van der Waals surface area contributed by atoms with Gasteiger partial charge in [0, 0.05) is 17.8 Å². The van der Waals surface area contributed by atoms with Crippen molar-refractivity contribution in [3.05, 3.63) is 56.9 Å². The highest BCUT2D eigenvalue weighted by atomic mass is 16.5. The Morgan fingerprint density at radius 2 is 1.85 bits per heavy atom. The van der Waals surface area contributed by atoms with E-state index in [1.165, 1.54) is 16.8 Å². The lowest BCUT2D eigenvalue weighted by Crippen LogP contribution is -2.27. The van der Waals surface area contributed by atoms with Gasteiger partial charge in [-0.3, -0.25) is 14.3 Å². The van der Waals surface area contributed by atoms with Gasteiger partial charge in [-0.25, -0.2) is 4.79 Å². The molecule has 0 atom stereocenters. The quantitative estimate of drug-likeness (QED) is 0.908. The van der Waals surface area contributed by atoms with Crippen LogP contribution in [0.2, 0.25) is 0 Å². The molecule has 1 heterocycles. The molecule has 0 fully saturated rings. The van der Waals surface area contributed by atoms with Gasteiger partial charge in [-0.1, -0.05) is 20.8 Å². The monoisotopic (exact) mass is 274 g/mol. The maximum Gasteiger partial charge on any atom is 0.332 e. The lowest BCUT2D eigenvalue weighted by molar-refractivity contribution is 0.397. The number of aromatic nitrogens is 2. The standard InChI is InChI=1S/C15H18N2O3/c1-15(2,3)11-9-10(5-6-12(11)20-4)17-8-7-13(18)16-14(17)19/h5-9H,1-4H3,(H,16,18,19). The molecule has 1 aromatic carbocycles. The summed E-state index contributed by atoms with van der Waals surface area (Å²) in [4.78, 5) is 25.2. The highest BCUT2D eigenvalue weighted by Crippen LogP contribution is 2.32. The van der Waals surface area contributed by atoms with Crippen molar-refractivity contribution in [3.8, 4) is 11.4 Å². The third kappa shape index (κ3) is 2.66. The first-order valence-corrected chi connectivity index (χ1v) is 6.34. The van der Waals surface area contributed by atoms with Crippen LogP contribution in [0.4, 0.5) is 0 Å². The van der Waals surface area contributed by atoms with E-state index in [0.717, 1.165) is 11.3 Å². The Hall–Kier alpha value is -2.30. The largest absolute Gasteiger partial charge is 0.496 e. The third-order valence-corrected chi connectivity index (χ3v) is 3.09. The van der Waals surface area contributed by atoms with Gasteiger partial charge in [-0.15, -0.1) is 0 Å². The summed E-state index contributed by atoms with van der Waals surface area (Å²) >= 11 is 0. The van der Waals surface area contributed by atoms with Crippen LogP contribution in [0, 0.1) is 0 Å². The van der Waals surface area contributed by atoms with E-state index >= 15 is 0 Å². The molecule has 0 bridgehead atoms. The summed E-state index contributed by atoms with van der Waals surface area (Å²) in [5, 5.41) is 0. The molecule has 20 heavy (non-hydrogen) atoms. The number of aromatic amines is 1. The van der Waals surface area contributed by atoms with Crippen LogP contribution in [0.15, 0.2) is 40.1 Å². The maximum absolute atomic E-state index is 11.8. The van der Waals surface area contributed by atoms with E-state index in [-0.39, 0.29) is 5.41 Å². The number of H-pyrrole nitrogens is 1. The Kier molecular flexibility index (Phi) is 3.53. The molecule has 0 amide bonds. The molecular formula is C15H18N2O3. The first-order chi connectivity index (χ1) is 9.32. The second-order valence-electron chi connectivity index (χ2n) is 5.61. The number of rotatable bonds is 2. The van der Waals surface area contributed by atoms with Crippen LogP contribution in [0.1, 0.15) is 26.3 Å². The summed E-state index contributed by atoms with van der Waals surface area (Å²) < 4.78 is 6.77. The number of hydrogen-bond donors (Lipinski definition) is 1. The van der Waals surface area contributed by atoms with Crippen LogP contribution >= 0.6 is 0 Å². The Labute approximate surface area is 116 Å². The van der Waals surface area contributed by atoms with Crippen LogP contribution in [0.3, 0.4) is 0 Å². The van der Waals surface area contributed by atoms with E-state index in [9.17, 15) is 9.59 Å². The molecule has 5 heteroatoms. The van der Waals surface area contributed by atoms with Gasteiger partial charge in [0.15, 0.2) is 0 Å². The van der Waals surface area contributed by atoms with Crippen LogP contribution in [0.5, 0.6) is 5.75 Å². The highest BCUT2D eigenvalue weighted by Gasteiger charge is 2.19. The van der Waals surface area contributed by atoms with Crippen molar-refractivity contribution >= 4 is 0 Å². The molecule has 0 saturated carbocycles. The zero-order valence-corrected chi connectivity index (χ0v) is 12.1.